The highest BCUT2D eigenvalue weighted by Gasteiger charge is 2.18. The number of hydrogen-bond acceptors (Lipinski definition) is 2. The summed E-state index contributed by atoms with van der Waals surface area (Å²) in [4.78, 5) is 0. The number of nitrogens with one attached hydrogen (secondary N) is 1. The number of benzene rings is 2. The fraction of sp³-hybridized carbons (Fsp3) is 0.222. The first-order valence-corrected chi connectivity index (χ1v) is 8.04. The van der Waals surface area contributed by atoms with Gasteiger partial charge in [-0.05, 0) is 47.5 Å². The lowest BCUT2D eigenvalue weighted by Gasteiger charge is -2.19. The lowest BCUT2D eigenvalue weighted by Crippen LogP contribution is -2.23. The van der Waals surface area contributed by atoms with Crippen LogP contribution in [0.5, 0.6) is 0 Å². The van der Waals surface area contributed by atoms with Crippen molar-refractivity contribution in [3.63, 3.8) is 0 Å². The van der Waals surface area contributed by atoms with E-state index in [0.29, 0.717) is 0 Å². The van der Waals surface area contributed by atoms with Crippen molar-refractivity contribution in [1.29, 1.82) is 0 Å². The Balaban J connectivity index is 2.13. The minimum atomic E-state index is 0.0814. The zero-order valence-corrected chi connectivity index (χ0v) is 13.6. The first-order chi connectivity index (χ1) is 10.3. The standard InChI is InChI=1S/C18H18BrNO/c1-2-11-20-18(17-8-5-12-21-17)15-9-10-16(19)14-7-4-3-6-13(14)15/h3-10,12,18,20H,2,11H2,1H3. The third-order valence-corrected chi connectivity index (χ3v) is 4.33. The molecule has 3 aromatic rings. The molecule has 0 radical (unpaired) electrons. The number of hydrogen-bond donors (Lipinski definition) is 1. The Kier molecular flexibility index (Phi) is 4.42. The summed E-state index contributed by atoms with van der Waals surface area (Å²) in [6, 6.07) is 16.8. The van der Waals surface area contributed by atoms with Gasteiger partial charge in [0.2, 0.25) is 0 Å². The predicted octanol–water partition coefficient (Wildman–Crippen LogP) is 5.28. The van der Waals surface area contributed by atoms with Crippen molar-refractivity contribution >= 4 is 26.7 Å². The Morgan fingerprint density at radius 1 is 1.05 bits per heavy atom. The van der Waals surface area contributed by atoms with E-state index in [0.717, 1.165) is 23.2 Å². The topological polar surface area (TPSA) is 25.2 Å². The molecule has 0 saturated carbocycles. The van der Waals surface area contributed by atoms with Crippen LogP contribution in [0.25, 0.3) is 10.8 Å². The van der Waals surface area contributed by atoms with Gasteiger partial charge in [-0.2, -0.15) is 0 Å². The summed E-state index contributed by atoms with van der Waals surface area (Å²) in [6.07, 6.45) is 2.82. The second-order valence-corrected chi connectivity index (χ2v) is 5.94. The Bertz CT molecular complexity index is 721. The highest BCUT2D eigenvalue weighted by molar-refractivity contribution is 9.10. The van der Waals surface area contributed by atoms with Gasteiger partial charge in [-0.3, -0.25) is 0 Å². The molecule has 2 aromatic carbocycles. The van der Waals surface area contributed by atoms with Crippen LogP contribution in [0.3, 0.4) is 0 Å². The van der Waals surface area contributed by atoms with Crippen molar-refractivity contribution < 1.29 is 4.42 Å². The maximum Gasteiger partial charge on any atom is 0.125 e. The van der Waals surface area contributed by atoms with Gasteiger partial charge < -0.3 is 9.73 Å². The van der Waals surface area contributed by atoms with Gasteiger partial charge in [-0.1, -0.05) is 53.2 Å². The summed E-state index contributed by atoms with van der Waals surface area (Å²) >= 11 is 3.64. The molecular formula is C18H18BrNO. The molecule has 2 nitrogen and oxygen atoms in total. The number of furan rings is 1. The van der Waals surface area contributed by atoms with Crippen molar-refractivity contribution in [2.75, 3.05) is 6.54 Å². The second-order valence-electron chi connectivity index (χ2n) is 5.08. The monoisotopic (exact) mass is 343 g/mol. The van der Waals surface area contributed by atoms with E-state index in [1.165, 1.54) is 16.3 Å². The molecular weight excluding hydrogens is 326 g/mol. The van der Waals surface area contributed by atoms with Crippen LogP contribution < -0.4 is 5.32 Å². The molecule has 0 aliphatic carbocycles. The highest BCUT2D eigenvalue weighted by atomic mass is 79.9. The Hall–Kier alpha value is -1.58. The molecule has 0 fully saturated rings. The fourth-order valence-corrected chi connectivity index (χ4v) is 3.12. The van der Waals surface area contributed by atoms with E-state index < -0.39 is 0 Å². The molecule has 1 aromatic heterocycles. The second kappa shape index (κ2) is 6.46. The van der Waals surface area contributed by atoms with Gasteiger partial charge in [0.05, 0.1) is 12.3 Å². The highest BCUT2D eigenvalue weighted by Crippen LogP contribution is 2.33. The zero-order chi connectivity index (χ0) is 14.7. The summed E-state index contributed by atoms with van der Waals surface area (Å²) in [7, 11) is 0. The van der Waals surface area contributed by atoms with Gasteiger partial charge in [0.25, 0.3) is 0 Å². The van der Waals surface area contributed by atoms with Gasteiger partial charge in [0.15, 0.2) is 0 Å². The van der Waals surface area contributed by atoms with Crippen molar-refractivity contribution in [2.45, 2.75) is 19.4 Å². The molecule has 1 heterocycles. The molecule has 0 bridgehead atoms. The predicted molar refractivity (Wildman–Crippen MR) is 90.5 cm³/mol. The van der Waals surface area contributed by atoms with Crippen LogP contribution in [0.2, 0.25) is 0 Å². The minimum Gasteiger partial charge on any atom is -0.467 e. The molecule has 1 N–H and O–H groups in total. The molecule has 1 atom stereocenters. The van der Waals surface area contributed by atoms with Gasteiger partial charge in [0, 0.05) is 4.47 Å². The number of halogens is 1. The van der Waals surface area contributed by atoms with Crippen LogP contribution in [0.1, 0.15) is 30.7 Å². The van der Waals surface area contributed by atoms with Crippen LogP contribution in [-0.2, 0) is 0 Å². The van der Waals surface area contributed by atoms with E-state index in [2.05, 4.69) is 64.6 Å². The van der Waals surface area contributed by atoms with Crippen molar-refractivity contribution in [3.05, 3.63) is 70.6 Å². The smallest absolute Gasteiger partial charge is 0.125 e. The number of fused-ring (bicyclic) bond motifs is 1. The normalized spacial score (nSPS) is 12.7. The molecule has 3 heteroatoms. The van der Waals surface area contributed by atoms with Crippen LogP contribution in [0.15, 0.2) is 63.7 Å². The van der Waals surface area contributed by atoms with Gasteiger partial charge in [-0.15, -0.1) is 0 Å². The lowest BCUT2D eigenvalue weighted by molar-refractivity contribution is 0.448. The van der Waals surface area contributed by atoms with Crippen LogP contribution in [0.4, 0.5) is 0 Å². The molecule has 1 unspecified atom stereocenters. The summed E-state index contributed by atoms with van der Waals surface area (Å²) in [5.41, 5.74) is 1.25. The Morgan fingerprint density at radius 3 is 2.57 bits per heavy atom. The van der Waals surface area contributed by atoms with Gasteiger partial charge >= 0.3 is 0 Å². The van der Waals surface area contributed by atoms with E-state index in [-0.39, 0.29) is 6.04 Å². The van der Waals surface area contributed by atoms with Crippen LogP contribution in [-0.4, -0.2) is 6.54 Å². The van der Waals surface area contributed by atoms with E-state index in [1.807, 2.05) is 12.1 Å². The van der Waals surface area contributed by atoms with E-state index >= 15 is 0 Å². The van der Waals surface area contributed by atoms with E-state index in [9.17, 15) is 0 Å². The molecule has 0 aliphatic rings. The third kappa shape index (κ3) is 2.89. The zero-order valence-electron chi connectivity index (χ0n) is 12.0. The van der Waals surface area contributed by atoms with Crippen molar-refractivity contribution in [1.82, 2.24) is 5.32 Å². The Morgan fingerprint density at radius 2 is 1.86 bits per heavy atom. The average Bonchev–Trinajstić information content (AvgIpc) is 3.04. The largest absolute Gasteiger partial charge is 0.467 e. The third-order valence-electron chi connectivity index (χ3n) is 3.64. The molecule has 0 saturated heterocycles. The number of rotatable bonds is 5. The first-order valence-electron chi connectivity index (χ1n) is 7.25. The molecule has 108 valence electrons. The molecule has 3 rings (SSSR count). The van der Waals surface area contributed by atoms with Gasteiger partial charge in [-0.25, -0.2) is 0 Å². The van der Waals surface area contributed by atoms with Gasteiger partial charge in [0.1, 0.15) is 5.76 Å². The quantitative estimate of drug-likeness (QED) is 0.681. The molecule has 0 aliphatic heterocycles. The first kappa shape index (κ1) is 14.4. The SMILES string of the molecule is CCCNC(c1ccco1)c1ccc(Br)c2ccccc12. The van der Waals surface area contributed by atoms with Crippen molar-refractivity contribution in [2.24, 2.45) is 0 Å². The lowest BCUT2D eigenvalue weighted by atomic mass is 9.97. The fourth-order valence-electron chi connectivity index (χ4n) is 2.65. The molecule has 21 heavy (non-hydrogen) atoms. The minimum absolute atomic E-state index is 0.0814. The van der Waals surface area contributed by atoms with E-state index in [1.54, 1.807) is 6.26 Å². The van der Waals surface area contributed by atoms with E-state index in [4.69, 9.17) is 4.42 Å². The average molecular weight is 344 g/mol. The Labute approximate surface area is 133 Å². The maximum atomic E-state index is 5.65. The van der Waals surface area contributed by atoms with Crippen molar-refractivity contribution in [3.8, 4) is 0 Å². The molecule has 0 amide bonds. The molecule has 0 spiro atoms. The van der Waals surface area contributed by atoms with Crippen LogP contribution >= 0.6 is 15.9 Å². The van der Waals surface area contributed by atoms with Crippen LogP contribution in [0, 0.1) is 0 Å². The maximum absolute atomic E-state index is 5.65. The summed E-state index contributed by atoms with van der Waals surface area (Å²) in [6.45, 7) is 3.13. The summed E-state index contributed by atoms with van der Waals surface area (Å²) in [5.74, 6) is 0.955. The summed E-state index contributed by atoms with van der Waals surface area (Å²) < 4.78 is 6.77. The summed E-state index contributed by atoms with van der Waals surface area (Å²) in [5, 5.41) is 6.06.